The number of rotatable bonds is 7. The average molecular weight is 349 g/mol. The standard InChI is InChI=1S/C20H25F2NO2/c1-3-25-17(24)11-16(23-12(2)13-7-5-4-6-8-13)14-9-10-15-18(19(14)21)20(15)22/h4-8,12,14,16,18-19,23H,3,9-11H2,1-2H3/t12-,14?,16-,18?,19+/m0/s1. The number of hydrogen-bond acceptors (Lipinski definition) is 3. The molecule has 0 amide bonds. The maximum absolute atomic E-state index is 14.8. The zero-order valence-electron chi connectivity index (χ0n) is 14.7. The minimum absolute atomic E-state index is 0.0359. The van der Waals surface area contributed by atoms with Crippen LogP contribution in [0.5, 0.6) is 0 Å². The SMILES string of the molecule is CCOC(=O)C[C@H](N[C@@H](C)c1ccccc1)C1CCC2=C(F)C2[C@@H]1F. The molecule has 0 radical (unpaired) electrons. The Labute approximate surface area is 147 Å². The van der Waals surface area contributed by atoms with Crippen LogP contribution >= 0.6 is 0 Å². The highest BCUT2D eigenvalue weighted by Crippen LogP contribution is 2.54. The summed E-state index contributed by atoms with van der Waals surface area (Å²) in [5, 5.41) is 3.39. The van der Waals surface area contributed by atoms with E-state index in [0.717, 1.165) is 5.56 Å². The largest absolute Gasteiger partial charge is 0.466 e. The number of alkyl halides is 1. The minimum atomic E-state index is -1.27. The average Bonchev–Trinajstić information content (AvgIpc) is 3.27. The molecule has 1 N–H and O–H groups in total. The highest BCUT2D eigenvalue weighted by atomic mass is 19.1. The van der Waals surface area contributed by atoms with Crippen LogP contribution in [0.2, 0.25) is 0 Å². The first-order valence-corrected chi connectivity index (χ1v) is 9.02. The lowest BCUT2D eigenvalue weighted by molar-refractivity contribution is -0.144. The van der Waals surface area contributed by atoms with Gasteiger partial charge in [0.05, 0.1) is 18.9 Å². The second-order valence-electron chi connectivity index (χ2n) is 6.91. The van der Waals surface area contributed by atoms with Crippen LogP contribution < -0.4 is 5.32 Å². The van der Waals surface area contributed by atoms with E-state index in [1.807, 2.05) is 37.3 Å². The zero-order chi connectivity index (χ0) is 18.0. The van der Waals surface area contributed by atoms with E-state index in [-0.39, 0.29) is 30.3 Å². The van der Waals surface area contributed by atoms with Gasteiger partial charge in [0, 0.05) is 18.0 Å². The van der Waals surface area contributed by atoms with Crippen molar-refractivity contribution < 1.29 is 18.3 Å². The molecule has 0 spiro atoms. The summed E-state index contributed by atoms with van der Waals surface area (Å²) in [7, 11) is 0. The van der Waals surface area contributed by atoms with Crippen molar-refractivity contribution in [3.05, 3.63) is 47.3 Å². The fourth-order valence-corrected chi connectivity index (χ4v) is 3.91. The molecule has 2 aliphatic carbocycles. The second kappa shape index (κ2) is 7.65. The Kier molecular flexibility index (Phi) is 5.52. The minimum Gasteiger partial charge on any atom is -0.466 e. The fourth-order valence-electron chi connectivity index (χ4n) is 3.91. The summed E-state index contributed by atoms with van der Waals surface area (Å²) in [6.45, 7) is 4.04. The van der Waals surface area contributed by atoms with Crippen LogP contribution in [-0.2, 0) is 9.53 Å². The molecule has 5 atom stereocenters. The summed E-state index contributed by atoms with van der Waals surface area (Å²) in [5.74, 6) is -1.65. The normalized spacial score (nSPS) is 27.4. The van der Waals surface area contributed by atoms with Crippen LogP contribution in [0.3, 0.4) is 0 Å². The van der Waals surface area contributed by atoms with E-state index < -0.39 is 18.0 Å². The lowest BCUT2D eigenvalue weighted by atomic mass is 9.80. The third kappa shape index (κ3) is 3.92. The van der Waals surface area contributed by atoms with Crippen molar-refractivity contribution in [2.45, 2.75) is 51.4 Å². The van der Waals surface area contributed by atoms with E-state index in [9.17, 15) is 13.6 Å². The Morgan fingerprint density at radius 1 is 1.36 bits per heavy atom. The summed E-state index contributed by atoms with van der Waals surface area (Å²) in [5.41, 5.74) is 1.70. The molecule has 0 aliphatic heterocycles. The lowest BCUT2D eigenvalue weighted by Gasteiger charge is -2.34. The molecule has 136 valence electrons. The molecule has 1 aromatic rings. The van der Waals surface area contributed by atoms with Crippen LogP contribution in [0.25, 0.3) is 0 Å². The first-order chi connectivity index (χ1) is 12.0. The first-order valence-electron chi connectivity index (χ1n) is 9.02. The van der Waals surface area contributed by atoms with Crippen molar-refractivity contribution in [3.63, 3.8) is 0 Å². The summed E-state index contributed by atoms with van der Waals surface area (Å²) < 4.78 is 33.5. The van der Waals surface area contributed by atoms with E-state index in [1.54, 1.807) is 6.92 Å². The second-order valence-corrected chi connectivity index (χ2v) is 6.91. The van der Waals surface area contributed by atoms with Crippen molar-refractivity contribution in [3.8, 4) is 0 Å². The Balaban J connectivity index is 1.72. The molecule has 0 saturated heterocycles. The quantitative estimate of drug-likeness (QED) is 0.748. The maximum Gasteiger partial charge on any atom is 0.307 e. The molecule has 2 unspecified atom stereocenters. The summed E-state index contributed by atoms with van der Waals surface area (Å²) >= 11 is 0. The van der Waals surface area contributed by atoms with Crippen molar-refractivity contribution in [2.24, 2.45) is 11.8 Å². The van der Waals surface area contributed by atoms with Gasteiger partial charge in [-0.1, -0.05) is 30.3 Å². The van der Waals surface area contributed by atoms with E-state index in [2.05, 4.69) is 5.32 Å². The van der Waals surface area contributed by atoms with Gasteiger partial charge < -0.3 is 10.1 Å². The lowest BCUT2D eigenvalue weighted by Crippen LogP contribution is -2.45. The maximum atomic E-state index is 14.8. The number of benzene rings is 1. The number of nitrogens with one attached hydrogen (secondary N) is 1. The summed E-state index contributed by atoms with van der Waals surface area (Å²) in [6, 6.07) is 9.41. The van der Waals surface area contributed by atoms with Gasteiger partial charge in [0.2, 0.25) is 0 Å². The van der Waals surface area contributed by atoms with Gasteiger partial charge in [-0.3, -0.25) is 4.79 Å². The van der Waals surface area contributed by atoms with Gasteiger partial charge in [-0.2, -0.15) is 0 Å². The molecule has 3 nitrogen and oxygen atoms in total. The molecule has 2 aliphatic rings. The molecule has 1 aromatic carbocycles. The van der Waals surface area contributed by atoms with Gasteiger partial charge in [0.15, 0.2) is 0 Å². The molecular formula is C20H25F2NO2. The molecule has 5 heteroatoms. The molecule has 3 rings (SSSR count). The van der Waals surface area contributed by atoms with Crippen LogP contribution in [0.4, 0.5) is 8.78 Å². The van der Waals surface area contributed by atoms with Crippen LogP contribution in [0.1, 0.15) is 44.7 Å². The van der Waals surface area contributed by atoms with Crippen LogP contribution in [-0.4, -0.2) is 24.8 Å². The van der Waals surface area contributed by atoms with E-state index in [1.165, 1.54) is 0 Å². The molecule has 0 heterocycles. The number of carbonyl (C=O) groups is 1. The number of hydrogen-bond donors (Lipinski definition) is 1. The zero-order valence-corrected chi connectivity index (χ0v) is 14.7. The monoisotopic (exact) mass is 349 g/mol. The Morgan fingerprint density at radius 3 is 2.76 bits per heavy atom. The molecule has 25 heavy (non-hydrogen) atoms. The highest BCUT2D eigenvalue weighted by molar-refractivity contribution is 5.70. The van der Waals surface area contributed by atoms with Gasteiger partial charge in [-0.25, -0.2) is 8.78 Å². The van der Waals surface area contributed by atoms with E-state index >= 15 is 0 Å². The van der Waals surface area contributed by atoms with Crippen LogP contribution in [0.15, 0.2) is 41.7 Å². The van der Waals surface area contributed by atoms with E-state index in [0.29, 0.717) is 25.0 Å². The fraction of sp³-hybridized carbons (Fsp3) is 0.550. The molecule has 0 aromatic heterocycles. The Bertz CT molecular complexity index is 646. The Hall–Kier alpha value is -1.75. The third-order valence-electron chi connectivity index (χ3n) is 5.32. The van der Waals surface area contributed by atoms with Gasteiger partial charge in [0.25, 0.3) is 0 Å². The van der Waals surface area contributed by atoms with Crippen molar-refractivity contribution in [1.29, 1.82) is 0 Å². The molecule has 1 saturated carbocycles. The summed E-state index contributed by atoms with van der Waals surface area (Å²) in [6.07, 6.45) is -0.0280. The smallest absolute Gasteiger partial charge is 0.307 e. The molecule has 0 bridgehead atoms. The van der Waals surface area contributed by atoms with Gasteiger partial charge in [0.1, 0.15) is 12.0 Å². The first kappa shape index (κ1) is 18.1. The van der Waals surface area contributed by atoms with Gasteiger partial charge >= 0.3 is 5.97 Å². The highest BCUT2D eigenvalue weighted by Gasteiger charge is 2.52. The van der Waals surface area contributed by atoms with Gasteiger partial charge in [-0.15, -0.1) is 0 Å². The van der Waals surface area contributed by atoms with Gasteiger partial charge in [-0.05, 0) is 37.8 Å². The molecular weight excluding hydrogens is 324 g/mol. The number of ether oxygens (including phenoxy) is 1. The van der Waals surface area contributed by atoms with Crippen LogP contribution in [0, 0.1) is 11.8 Å². The van der Waals surface area contributed by atoms with Crippen molar-refractivity contribution in [2.75, 3.05) is 6.61 Å². The number of allylic oxidation sites excluding steroid dienone is 2. The number of esters is 1. The predicted molar refractivity (Wildman–Crippen MR) is 92.3 cm³/mol. The number of halogens is 2. The van der Waals surface area contributed by atoms with Crippen molar-refractivity contribution in [1.82, 2.24) is 5.32 Å². The topological polar surface area (TPSA) is 38.3 Å². The molecule has 1 fully saturated rings. The predicted octanol–water partition coefficient (Wildman–Crippen LogP) is 4.26. The van der Waals surface area contributed by atoms with Crippen molar-refractivity contribution >= 4 is 5.97 Å². The number of carbonyl (C=O) groups excluding carboxylic acids is 1. The summed E-state index contributed by atoms with van der Waals surface area (Å²) in [4.78, 5) is 12.0. The Morgan fingerprint density at radius 2 is 2.08 bits per heavy atom. The third-order valence-corrected chi connectivity index (χ3v) is 5.32. The number of fused-ring (bicyclic) bond motifs is 1. The van der Waals surface area contributed by atoms with E-state index in [4.69, 9.17) is 4.74 Å².